The van der Waals surface area contributed by atoms with Crippen LogP contribution in [0.2, 0.25) is 0 Å². The van der Waals surface area contributed by atoms with Crippen LogP contribution in [0.25, 0.3) is 0 Å². The molecule has 0 amide bonds. The topological polar surface area (TPSA) is 86.5 Å². The van der Waals surface area contributed by atoms with Gasteiger partial charge < -0.3 is 4.74 Å². The second kappa shape index (κ2) is 6.13. The molecule has 0 aromatic heterocycles. The third-order valence-corrected chi connectivity index (χ3v) is 3.95. The molecule has 0 radical (unpaired) electrons. The van der Waals surface area contributed by atoms with Gasteiger partial charge in [-0.05, 0) is 33.8 Å². The second-order valence-corrected chi connectivity index (χ2v) is 6.94. The summed E-state index contributed by atoms with van der Waals surface area (Å²) < 4.78 is 17.4. The molecule has 2 unspecified atom stereocenters. The van der Waals surface area contributed by atoms with Crippen LogP contribution in [0.3, 0.4) is 0 Å². The van der Waals surface area contributed by atoms with Gasteiger partial charge in [-0.2, -0.15) is 0 Å². The highest BCUT2D eigenvalue weighted by Crippen LogP contribution is 2.24. The number of ether oxygens (including phenoxy) is 1. The number of carbonyl (C=O) groups is 1. The Hall–Kier alpha value is -1.76. The summed E-state index contributed by atoms with van der Waals surface area (Å²) in [5.41, 5.74) is -0.959. The highest BCUT2D eigenvalue weighted by atomic mass is 32.2. The van der Waals surface area contributed by atoms with Gasteiger partial charge in [0.15, 0.2) is 0 Å². The van der Waals surface area contributed by atoms with Crippen molar-refractivity contribution in [1.29, 1.82) is 0 Å². The number of carbonyl (C=O) groups excluding carboxylic acids is 1. The summed E-state index contributed by atoms with van der Waals surface area (Å²) in [5, 5.41) is 9.93. The third kappa shape index (κ3) is 4.12. The van der Waals surface area contributed by atoms with Gasteiger partial charge in [0.05, 0.1) is 15.7 Å². The number of esters is 1. The Kier molecular flexibility index (Phi) is 4.99. The van der Waals surface area contributed by atoms with E-state index in [4.69, 9.17) is 4.74 Å². The van der Waals surface area contributed by atoms with Gasteiger partial charge >= 0.3 is 5.97 Å². The van der Waals surface area contributed by atoms with E-state index in [1.54, 1.807) is 26.8 Å². The molecule has 0 fully saturated rings. The quantitative estimate of drug-likeness (QED) is 0.484. The first-order chi connectivity index (χ1) is 9.13. The number of nitro benzene ring substituents is 1. The maximum atomic E-state index is 12.3. The van der Waals surface area contributed by atoms with E-state index < -0.39 is 32.5 Å². The van der Waals surface area contributed by atoms with Crippen LogP contribution in [0.5, 0.6) is 0 Å². The molecule has 1 aromatic rings. The first-order valence-corrected chi connectivity index (χ1v) is 7.21. The third-order valence-electron chi connectivity index (χ3n) is 2.34. The molecule has 20 heavy (non-hydrogen) atoms. The van der Waals surface area contributed by atoms with Gasteiger partial charge in [0.2, 0.25) is 0 Å². The van der Waals surface area contributed by atoms with Crippen molar-refractivity contribution in [3.8, 4) is 0 Å². The van der Waals surface area contributed by atoms with Crippen LogP contribution in [0, 0.1) is 10.1 Å². The molecule has 0 N–H and O–H groups in total. The van der Waals surface area contributed by atoms with E-state index in [0.29, 0.717) is 0 Å². The smallest absolute Gasteiger partial charge is 0.322 e. The van der Waals surface area contributed by atoms with Gasteiger partial charge in [-0.25, -0.2) is 0 Å². The normalized spacial score (nSPS) is 14.4. The summed E-state index contributed by atoms with van der Waals surface area (Å²) in [7, 11) is -1.84. The van der Waals surface area contributed by atoms with Gasteiger partial charge in [0, 0.05) is 6.07 Å². The monoisotopic (exact) mass is 299 g/mol. The second-order valence-electron chi connectivity index (χ2n) is 5.20. The predicted octanol–water partition coefficient (Wildman–Crippen LogP) is 2.43. The van der Waals surface area contributed by atoms with Crippen LogP contribution in [0.15, 0.2) is 29.2 Å². The van der Waals surface area contributed by atoms with Crippen LogP contribution >= 0.6 is 0 Å². The van der Waals surface area contributed by atoms with Crippen molar-refractivity contribution in [2.75, 3.05) is 0 Å². The van der Waals surface area contributed by atoms with Gasteiger partial charge in [-0.1, -0.05) is 12.1 Å². The Balaban J connectivity index is 3.01. The maximum Gasteiger partial charge on any atom is 0.322 e. The van der Waals surface area contributed by atoms with Crippen molar-refractivity contribution in [1.82, 2.24) is 0 Å². The maximum absolute atomic E-state index is 12.3. The van der Waals surface area contributed by atoms with E-state index >= 15 is 0 Å². The van der Waals surface area contributed by atoms with Crippen molar-refractivity contribution >= 4 is 22.5 Å². The van der Waals surface area contributed by atoms with Crippen LogP contribution in [0.1, 0.15) is 27.7 Å². The van der Waals surface area contributed by atoms with Crippen LogP contribution in [0.4, 0.5) is 5.69 Å². The van der Waals surface area contributed by atoms with Crippen molar-refractivity contribution in [2.45, 2.75) is 43.4 Å². The first-order valence-electron chi connectivity index (χ1n) is 6.00. The summed E-state index contributed by atoms with van der Waals surface area (Å²) >= 11 is 0. The van der Waals surface area contributed by atoms with Crippen molar-refractivity contribution in [2.24, 2.45) is 0 Å². The van der Waals surface area contributed by atoms with Crippen LogP contribution < -0.4 is 0 Å². The molecule has 1 aromatic carbocycles. The number of hydrogen-bond acceptors (Lipinski definition) is 5. The average Bonchev–Trinajstić information content (AvgIpc) is 2.34. The molecule has 110 valence electrons. The minimum atomic E-state index is -1.84. The average molecular weight is 299 g/mol. The molecule has 0 aliphatic carbocycles. The Morgan fingerprint density at radius 2 is 1.90 bits per heavy atom. The highest BCUT2D eigenvalue weighted by Gasteiger charge is 2.30. The zero-order chi connectivity index (χ0) is 15.5. The Morgan fingerprint density at radius 3 is 2.40 bits per heavy atom. The molecule has 0 saturated carbocycles. The first kappa shape index (κ1) is 16.3. The zero-order valence-electron chi connectivity index (χ0n) is 11.8. The molecule has 1 rings (SSSR count). The fourth-order valence-electron chi connectivity index (χ4n) is 1.44. The molecular weight excluding hydrogens is 282 g/mol. The van der Waals surface area contributed by atoms with E-state index in [9.17, 15) is 19.1 Å². The standard InChI is InChI=1S/C13H17NO5S/c1-9(12(15)19-13(2,3)4)20(18)11-8-6-5-7-10(11)14(16)17/h5-9H,1-4H3. The SMILES string of the molecule is CC(C(=O)OC(C)(C)C)S(=O)c1ccccc1[N+](=O)[O-]. The van der Waals surface area contributed by atoms with Crippen LogP contribution in [-0.4, -0.2) is 26.0 Å². The van der Waals surface area contributed by atoms with Crippen molar-refractivity contribution in [3.63, 3.8) is 0 Å². The molecule has 0 saturated heterocycles. The minimum Gasteiger partial charge on any atom is -0.459 e. The lowest BCUT2D eigenvalue weighted by atomic mass is 10.2. The number of nitro groups is 1. The van der Waals surface area contributed by atoms with Gasteiger partial charge in [0.1, 0.15) is 15.7 Å². The van der Waals surface area contributed by atoms with Crippen molar-refractivity contribution in [3.05, 3.63) is 34.4 Å². The molecule has 6 nitrogen and oxygen atoms in total. The molecule has 0 spiro atoms. The number of benzene rings is 1. The molecular formula is C13H17NO5S. The summed E-state index contributed by atoms with van der Waals surface area (Å²) in [6, 6.07) is 5.67. The summed E-state index contributed by atoms with van der Waals surface area (Å²) in [5.74, 6) is -0.644. The lowest BCUT2D eigenvalue weighted by Crippen LogP contribution is -2.32. The fraction of sp³-hybridized carbons (Fsp3) is 0.462. The number of hydrogen-bond donors (Lipinski definition) is 0. The molecule has 7 heteroatoms. The molecule has 0 bridgehead atoms. The largest absolute Gasteiger partial charge is 0.459 e. The molecule has 0 aliphatic heterocycles. The summed E-state index contributed by atoms with van der Waals surface area (Å²) in [6.45, 7) is 6.53. The molecule has 0 aliphatic rings. The Morgan fingerprint density at radius 1 is 1.35 bits per heavy atom. The summed E-state index contributed by atoms with van der Waals surface area (Å²) in [6.07, 6.45) is 0. The minimum absolute atomic E-state index is 0.0239. The lowest BCUT2D eigenvalue weighted by Gasteiger charge is -2.21. The van der Waals surface area contributed by atoms with E-state index in [1.807, 2.05) is 0 Å². The van der Waals surface area contributed by atoms with Gasteiger partial charge in [-0.3, -0.25) is 19.1 Å². The van der Waals surface area contributed by atoms with E-state index in [2.05, 4.69) is 0 Å². The lowest BCUT2D eigenvalue weighted by molar-refractivity contribution is -0.387. The highest BCUT2D eigenvalue weighted by molar-refractivity contribution is 7.86. The fourth-order valence-corrected chi connectivity index (χ4v) is 2.61. The number of nitrogens with zero attached hydrogens (tertiary/aromatic N) is 1. The van der Waals surface area contributed by atoms with E-state index in [0.717, 1.165) is 0 Å². The van der Waals surface area contributed by atoms with Gasteiger partial charge in [-0.15, -0.1) is 0 Å². The predicted molar refractivity (Wildman–Crippen MR) is 74.8 cm³/mol. The number of para-hydroxylation sites is 1. The van der Waals surface area contributed by atoms with E-state index in [-0.39, 0.29) is 10.6 Å². The van der Waals surface area contributed by atoms with Crippen molar-refractivity contribution < 1.29 is 18.7 Å². The number of rotatable bonds is 4. The Labute approximate surface area is 119 Å². The summed E-state index contributed by atoms with van der Waals surface area (Å²) in [4.78, 5) is 22.2. The van der Waals surface area contributed by atoms with E-state index in [1.165, 1.54) is 25.1 Å². The zero-order valence-corrected chi connectivity index (χ0v) is 12.6. The molecule has 2 atom stereocenters. The van der Waals surface area contributed by atoms with Crippen LogP contribution in [-0.2, 0) is 20.3 Å². The molecule has 0 heterocycles. The van der Waals surface area contributed by atoms with Gasteiger partial charge in [0.25, 0.3) is 5.69 Å². The Bertz CT molecular complexity index is 550.